The number of aliphatic hydroxyl groups is 1. The number of hydrogen-bond donors (Lipinski definition) is 3. The van der Waals surface area contributed by atoms with E-state index in [0.29, 0.717) is 12.0 Å². The molecule has 1 aromatic carbocycles. The maximum absolute atomic E-state index is 12.5. The fourth-order valence-corrected chi connectivity index (χ4v) is 2.52. The van der Waals surface area contributed by atoms with Crippen LogP contribution in [0.25, 0.3) is 10.9 Å². The van der Waals surface area contributed by atoms with E-state index in [2.05, 4.69) is 17.2 Å². The minimum atomic E-state index is -0.371. The molecule has 0 aliphatic heterocycles. The molecule has 1 heterocycles. The third kappa shape index (κ3) is 3.10. The molecule has 4 nitrogen and oxygen atoms in total. The highest BCUT2D eigenvalue weighted by Crippen LogP contribution is 2.23. The van der Waals surface area contributed by atoms with Crippen LogP contribution in [0.5, 0.6) is 0 Å². The van der Waals surface area contributed by atoms with Gasteiger partial charge in [-0.1, -0.05) is 6.92 Å². The summed E-state index contributed by atoms with van der Waals surface area (Å²) in [6, 6.07) is 5.71. The summed E-state index contributed by atoms with van der Waals surface area (Å²) in [5, 5.41) is 13.3. The lowest BCUT2D eigenvalue weighted by molar-refractivity contribution is 0.0886. The van der Waals surface area contributed by atoms with Crippen molar-refractivity contribution in [2.45, 2.75) is 46.1 Å². The van der Waals surface area contributed by atoms with Crippen molar-refractivity contribution in [3.8, 4) is 0 Å². The average Bonchev–Trinajstić information content (AvgIpc) is 2.74. The Balaban J connectivity index is 2.29. The normalized spacial score (nSPS) is 14.1. The lowest BCUT2D eigenvalue weighted by Gasteiger charge is -2.29. The Morgan fingerprint density at radius 2 is 2.10 bits per heavy atom. The number of aromatic amines is 1. The predicted molar refractivity (Wildman–Crippen MR) is 85.6 cm³/mol. The smallest absolute Gasteiger partial charge is 0.251 e. The van der Waals surface area contributed by atoms with Gasteiger partial charge in [-0.05, 0) is 57.4 Å². The second kappa shape index (κ2) is 5.90. The fourth-order valence-electron chi connectivity index (χ4n) is 2.52. The lowest BCUT2D eigenvalue weighted by Crippen LogP contribution is -2.46. The van der Waals surface area contributed by atoms with Crippen LogP contribution in [-0.4, -0.2) is 28.1 Å². The number of aryl methyl sites for hydroxylation is 2. The van der Waals surface area contributed by atoms with E-state index in [4.69, 9.17) is 5.11 Å². The van der Waals surface area contributed by atoms with Crippen LogP contribution in [0.2, 0.25) is 0 Å². The number of H-pyrrole nitrogens is 1. The van der Waals surface area contributed by atoms with Crippen LogP contribution in [0.1, 0.15) is 48.3 Å². The molecule has 21 heavy (non-hydrogen) atoms. The molecule has 4 heteroatoms. The van der Waals surface area contributed by atoms with Crippen LogP contribution in [0.4, 0.5) is 0 Å². The molecule has 0 saturated carbocycles. The summed E-state index contributed by atoms with van der Waals surface area (Å²) in [5.74, 6) is -0.0899. The number of carbonyl (C=O) groups excluding carboxylic acids is 1. The first-order valence-corrected chi connectivity index (χ1v) is 7.42. The van der Waals surface area contributed by atoms with E-state index in [-0.39, 0.29) is 18.1 Å². The first-order valence-electron chi connectivity index (χ1n) is 7.42. The number of aromatic nitrogens is 1. The summed E-state index contributed by atoms with van der Waals surface area (Å²) >= 11 is 0. The highest BCUT2D eigenvalue weighted by molar-refractivity contribution is 5.99. The van der Waals surface area contributed by atoms with Gasteiger partial charge in [0.05, 0.1) is 0 Å². The molecule has 1 aromatic heterocycles. The van der Waals surface area contributed by atoms with Crippen LogP contribution < -0.4 is 5.32 Å². The Kier molecular flexibility index (Phi) is 4.37. The Hall–Kier alpha value is -1.81. The predicted octanol–water partition coefficient (Wildman–Crippen LogP) is 3.07. The molecule has 2 aromatic rings. The molecule has 2 rings (SSSR count). The fraction of sp³-hybridized carbons (Fsp3) is 0.471. The largest absolute Gasteiger partial charge is 0.396 e. The van der Waals surface area contributed by atoms with Gasteiger partial charge in [-0.2, -0.15) is 0 Å². The SMILES string of the molecule is CCC(C)(CCO)NC(=O)c1ccc2[nH]c(C)c(C)c2c1. The van der Waals surface area contributed by atoms with Crippen molar-refractivity contribution in [2.24, 2.45) is 0 Å². The Labute approximate surface area is 125 Å². The van der Waals surface area contributed by atoms with Crippen LogP contribution >= 0.6 is 0 Å². The summed E-state index contributed by atoms with van der Waals surface area (Å²) in [6.07, 6.45) is 1.34. The van der Waals surface area contributed by atoms with Crippen molar-refractivity contribution >= 4 is 16.8 Å². The first kappa shape index (κ1) is 15.6. The quantitative estimate of drug-likeness (QED) is 0.791. The lowest BCUT2D eigenvalue weighted by atomic mass is 9.94. The highest BCUT2D eigenvalue weighted by atomic mass is 16.3. The summed E-state index contributed by atoms with van der Waals surface area (Å²) < 4.78 is 0. The summed E-state index contributed by atoms with van der Waals surface area (Å²) in [7, 11) is 0. The van der Waals surface area contributed by atoms with Gasteiger partial charge in [-0.15, -0.1) is 0 Å². The topological polar surface area (TPSA) is 65.1 Å². The summed E-state index contributed by atoms with van der Waals surface area (Å²) in [4.78, 5) is 15.8. The zero-order chi connectivity index (χ0) is 15.6. The van der Waals surface area contributed by atoms with E-state index in [1.807, 2.05) is 39.0 Å². The average molecular weight is 288 g/mol. The summed E-state index contributed by atoms with van der Waals surface area (Å²) in [6.45, 7) is 8.13. The third-order valence-electron chi connectivity index (χ3n) is 4.43. The van der Waals surface area contributed by atoms with Crippen LogP contribution in [0.3, 0.4) is 0 Å². The van der Waals surface area contributed by atoms with E-state index < -0.39 is 0 Å². The van der Waals surface area contributed by atoms with Crippen molar-refractivity contribution in [3.05, 3.63) is 35.0 Å². The van der Waals surface area contributed by atoms with E-state index in [0.717, 1.165) is 23.0 Å². The van der Waals surface area contributed by atoms with Gasteiger partial charge in [0.25, 0.3) is 5.91 Å². The minimum absolute atomic E-state index is 0.0692. The van der Waals surface area contributed by atoms with Gasteiger partial charge in [0, 0.05) is 34.3 Å². The number of carbonyl (C=O) groups is 1. The molecule has 0 radical (unpaired) electrons. The van der Waals surface area contributed by atoms with Gasteiger partial charge in [-0.3, -0.25) is 4.79 Å². The van der Waals surface area contributed by atoms with Crippen LogP contribution in [0.15, 0.2) is 18.2 Å². The monoisotopic (exact) mass is 288 g/mol. The second-order valence-corrected chi connectivity index (χ2v) is 5.98. The molecule has 0 bridgehead atoms. The van der Waals surface area contributed by atoms with Gasteiger partial charge in [0.2, 0.25) is 0 Å². The molecule has 1 amide bonds. The number of benzene rings is 1. The Bertz CT molecular complexity index is 660. The van der Waals surface area contributed by atoms with E-state index in [1.165, 1.54) is 5.56 Å². The molecule has 1 unspecified atom stereocenters. The van der Waals surface area contributed by atoms with Gasteiger partial charge in [-0.25, -0.2) is 0 Å². The molecule has 0 aliphatic rings. The van der Waals surface area contributed by atoms with Crippen molar-refractivity contribution < 1.29 is 9.90 Å². The molecular weight excluding hydrogens is 264 g/mol. The molecule has 3 N–H and O–H groups in total. The van der Waals surface area contributed by atoms with Crippen molar-refractivity contribution in [1.29, 1.82) is 0 Å². The van der Waals surface area contributed by atoms with Crippen molar-refractivity contribution in [2.75, 3.05) is 6.61 Å². The molecule has 0 aliphatic carbocycles. The van der Waals surface area contributed by atoms with Crippen molar-refractivity contribution in [3.63, 3.8) is 0 Å². The molecular formula is C17H24N2O2. The van der Waals surface area contributed by atoms with E-state index in [1.54, 1.807) is 0 Å². The number of hydrogen-bond acceptors (Lipinski definition) is 2. The number of nitrogens with one attached hydrogen (secondary N) is 2. The van der Waals surface area contributed by atoms with E-state index in [9.17, 15) is 4.79 Å². The van der Waals surface area contributed by atoms with Gasteiger partial charge >= 0.3 is 0 Å². The number of fused-ring (bicyclic) bond motifs is 1. The maximum Gasteiger partial charge on any atom is 0.251 e. The van der Waals surface area contributed by atoms with Gasteiger partial charge in [0.15, 0.2) is 0 Å². The first-order chi connectivity index (χ1) is 9.90. The zero-order valence-electron chi connectivity index (χ0n) is 13.2. The third-order valence-corrected chi connectivity index (χ3v) is 4.43. The standard InChI is InChI=1S/C17H24N2O2/c1-5-17(4,8-9-20)19-16(21)13-6-7-15-14(10-13)11(2)12(3)18-15/h6-7,10,18,20H,5,8-9H2,1-4H3,(H,19,21). The second-order valence-electron chi connectivity index (χ2n) is 5.98. The van der Waals surface area contributed by atoms with E-state index >= 15 is 0 Å². The Morgan fingerprint density at radius 3 is 2.71 bits per heavy atom. The van der Waals surface area contributed by atoms with Gasteiger partial charge < -0.3 is 15.4 Å². The minimum Gasteiger partial charge on any atom is -0.396 e. The Morgan fingerprint density at radius 1 is 1.38 bits per heavy atom. The number of aliphatic hydroxyl groups excluding tert-OH is 1. The number of rotatable bonds is 5. The van der Waals surface area contributed by atoms with Crippen LogP contribution in [-0.2, 0) is 0 Å². The molecule has 114 valence electrons. The zero-order valence-corrected chi connectivity index (χ0v) is 13.2. The molecule has 1 atom stereocenters. The van der Waals surface area contributed by atoms with Gasteiger partial charge in [0.1, 0.15) is 0 Å². The highest BCUT2D eigenvalue weighted by Gasteiger charge is 2.24. The number of amides is 1. The maximum atomic E-state index is 12.5. The summed E-state index contributed by atoms with van der Waals surface area (Å²) in [5.41, 5.74) is 3.64. The molecule has 0 fully saturated rings. The van der Waals surface area contributed by atoms with Crippen LogP contribution in [0, 0.1) is 13.8 Å². The molecule has 0 spiro atoms. The van der Waals surface area contributed by atoms with Crippen molar-refractivity contribution in [1.82, 2.24) is 10.3 Å². The molecule has 0 saturated heterocycles.